The molecular formula is C22H20OS2. The lowest BCUT2D eigenvalue weighted by Crippen LogP contribution is -2.18. The normalized spacial score (nSPS) is 11.9. The largest absolute Gasteiger partial charge is 0.469 e. The molecule has 1 nitrogen and oxygen atoms in total. The van der Waals surface area contributed by atoms with E-state index in [0.29, 0.717) is 4.38 Å². The summed E-state index contributed by atoms with van der Waals surface area (Å²) in [4.78, 5) is 0. The lowest BCUT2D eigenvalue weighted by Gasteiger charge is -2.29. The smallest absolute Gasteiger partial charge is 0.220 e. The maximum Gasteiger partial charge on any atom is 0.220 e. The Kier molecular flexibility index (Phi) is 6.26. The van der Waals surface area contributed by atoms with Crippen LogP contribution < -0.4 is 0 Å². The summed E-state index contributed by atoms with van der Waals surface area (Å²) in [5.41, 5.74) is 3.55. The molecule has 0 saturated heterocycles. The van der Waals surface area contributed by atoms with Crippen molar-refractivity contribution in [3.05, 3.63) is 108 Å². The highest BCUT2D eigenvalue weighted by atomic mass is 32.2. The van der Waals surface area contributed by atoms with Crippen LogP contribution in [0.25, 0.3) is 0 Å². The molecule has 0 radical (unpaired) electrons. The standard InChI is InChI=1S/C22H20OS2/c1-25-22(24)23-21(19-15-9-4-10-16-19)20(17-11-5-2-6-12-17)18-13-7-3-8-14-18/h2-16,20-21H,1H3/t21-/m0/s1. The van der Waals surface area contributed by atoms with Gasteiger partial charge in [-0.2, -0.15) is 0 Å². The van der Waals surface area contributed by atoms with E-state index in [1.807, 2.05) is 36.6 Å². The zero-order valence-electron chi connectivity index (χ0n) is 14.0. The van der Waals surface area contributed by atoms with Crippen LogP contribution in [0.15, 0.2) is 91.0 Å². The number of benzene rings is 3. The van der Waals surface area contributed by atoms with E-state index in [4.69, 9.17) is 17.0 Å². The molecule has 0 spiro atoms. The third-order valence-corrected chi connectivity index (χ3v) is 5.16. The van der Waals surface area contributed by atoms with E-state index in [9.17, 15) is 0 Å². The predicted octanol–water partition coefficient (Wildman–Crippen LogP) is 6.22. The first kappa shape index (κ1) is 17.7. The van der Waals surface area contributed by atoms with Crippen LogP contribution in [0.4, 0.5) is 0 Å². The van der Waals surface area contributed by atoms with Gasteiger partial charge in [0.05, 0.1) is 5.92 Å². The second-order valence-electron chi connectivity index (χ2n) is 5.70. The molecule has 3 aromatic carbocycles. The first-order valence-corrected chi connectivity index (χ1v) is 9.82. The molecule has 3 heteroatoms. The second-order valence-corrected chi connectivity index (χ2v) is 7.11. The molecule has 0 heterocycles. The molecule has 1 atom stereocenters. The molecule has 0 saturated carbocycles. The Labute approximate surface area is 159 Å². The minimum Gasteiger partial charge on any atom is -0.469 e. The molecule has 25 heavy (non-hydrogen) atoms. The van der Waals surface area contributed by atoms with Gasteiger partial charge in [-0.3, -0.25) is 0 Å². The van der Waals surface area contributed by atoms with Crippen molar-refractivity contribution < 1.29 is 4.74 Å². The van der Waals surface area contributed by atoms with Crippen LogP contribution in [-0.2, 0) is 4.74 Å². The van der Waals surface area contributed by atoms with E-state index >= 15 is 0 Å². The fourth-order valence-electron chi connectivity index (χ4n) is 2.99. The summed E-state index contributed by atoms with van der Waals surface area (Å²) in [6.07, 6.45) is 1.77. The third kappa shape index (κ3) is 4.50. The molecule has 126 valence electrons. The fraction of sp³-hybridized carbons (Fsp3) is 0.136. The van der Waals surface area contributed by atoms with E-state index in [1.54, 1.807) is 0 Å². The van der Waals surface area contributed by atoms with Crippen molar-refractivity contribution in [1.29, 1.82) is 0 Å². The molecule has 0 aliphatic carbocycles. The van der Waals surface area contributed by atoms with Gasteiger partial charge in [0.25, 0.3) is 0 Å². The van der Waals surface area contributed by atoms with Gasteiger partial charge in [0, 0.05) is 0 Å². The maximum absolute atomic E-state index is 6.25. The summed E-state index contributed by atoms with van der Waals surface area (Å²) >= 11 is 6.86. The molecule has 0 aliphatic heterocycles. The van der Waals surface area contributed by atoms with Crippen molar-refractivity contribution in [3.8, 4) is 0 Å². The zero-order chi connectivity index (χ0) is 17.5. The third-order valence-electron chi connectivity index (χ3n) is 4.14. The summed E-state index contributed by atoms with van der Waals surface area (Å²) in [6, 6.07) is 31.3. The van der Waals surface area contributed by atoms with Crippen molar-refractivity contribution in [3.63, 3.8) is 0 Å². The van der Waals surface area contributed by atoms with E-state index in [2.05, 4.69) is 60.7 Å². The van der Waals surface area contributed by atoms with Gasteiger partial charge in [0.2, 0.25) is 4.38 Å². The predicted molar refractivity (Wildman–Crippen MR) is 111 cm³/mol. The Morgan fingerprint density at radius 1 is 0.720 bits per heavy atom. The highest BCUT2D eigenvalue weighted by Crippen LogP contribution is 2.40. The van der Waals surface area contributed by atoms with Crippen LogP contribution in [0, 0.1) is 0 Å². The van der Waals surface area contributed by atoms with Crippen molar-refractivity contribution in [2.24, 2.45) is 0 Å². The summed E-state index contributed by atoms with van der Waals surface area (Å²) in [6.45, 7) is 0. The average Bonchev–Trinajstić information content (AvgIpc) is 2.69. The Bertz CT molecular complexity index is 749. The lowest BCUT2D eigenvalue weighted by molar-refractivity contribution is 0.185. The van der Waals surface area contributed by atoms with Gasteiger partial charge < -0.3 is 4.74 Å². The number of thioether (sulfide) groups is 1. The minimum absolute atomic E-state index is 0.0647. The van der Waals surface area contributed by atoms with Crippen molar-refractivity contribution >= 4 is 28.4 Å². The fourth-order valence-corrected chi connectivity index (χ4v) is 3.29. The van der Waals surface area contributed by atoms with E-state index < -0.39 is 0 Å². The number of hydrogen-bond donors (Lipinski definition) is 0. The first-order chi connectivity index (χ1) is 12.3. The monoisotopic (exact) mass is 364 g/mol. The number of thiocarbonyl (C=S) groups is 1. The average molecular weight is 365 g/mol. The van der Waals surface area contributed by atoms with Crippen LogP contribution >= 0.6 is 24.0 Å². The van der Waals surface area contributed by atoms with E-state index in [0.717, 1.165) is 5.56 Å². The summed E-state index contributed by atoms with van der Waals surface area (Å²) in [5.74, 6) is 0.0647. The van der Waals surface area contributed by atoms with E-state index in [1.165, 1.54) is 22.9 Å². The highest BCUT2D eigenvalue weighted by molar-refractivity contribution is 8.22. The molecule has 0 aliphatic rings. The number of hydrogen-bond acceptors (Lipinski definition) is 3. The van der Waals surface area contributed by atoms with Crippen LogP contribution in [0.3, 0.4) is 0 Å². The van der Waals surface area contributed by atoms with Gasteiger partial charge in [-0.15, -0.1) is 0 Å². The Balaban J connectivity index is 2.11. The molecule has 3 aromatic rings. The molecule has 0 bridgehead atoms. The van der Waals surface area contributed by atoms with Gasteiger partial charge in [-0.05, 0) is 35.2 Å². The van der Waals surface area contributed by atoms with Gasteiger partial charge in [0.15, 0.2) is 0 Å². The summed E-state index contributed by atoms with van der Waals surface area (Å²) in [5, 5.41) is 0. The molecule has 0 aromatic heterocycles. The van der Waals surface area contributed by atoms with Crippen molar-refractivity contribution in [1.82, 2.24) is 0 Å². The minimum atomic E-state index is -0.175. The Morgan fingerprint density at radius 3 is 1.52 bits per heavy atom. The summed E-state index contributed by atoms with van der Waals surface area (Å²) in [7, 11) is 0. The van der Waals surface area contributed by atoms with Gasteiger partial charge in [-0.1, -0.05) is 103 Å². The topological polar surface area (TPSA) is 9.23 Å². The zero-order valence-corrected chi connectivity index (χ0v) is 15.7. The van der Waals surface area contributed by atoms with Gasteiger partial charge in [-0.25, -0.2) is 0 Å². The highest BCUT2D eigenvalue weighted by Gasteiger charge is 2.28. The van der Waals surface area contributed by atoms with Crippen LogP contribution in [0.5, 0.6) is 0 Å². The molecule has 0 N–H and O–H groups in total. The summed E-state index contributed by atoms with van der Waals surface area (Å²) < 4.78 is 6.81. The quantitative estimate of drug-likeness (QED) is 0.497. The van der Waals surface area contributed by atoms with Gasteiger partial charge in [0.1, 0.15) is 6.10 Å². The van der Waals surface area contributed by atoms with E-state index in [-0.39, 0.29) is 12.0 Å². The Morgan fingerprint density at radius 2 is 1.12 bits per heavy atom. The molecular weight excluding hydrogens is 344 g/mol. The van der Waals surface area contributed by atoms with Crippen LogP contribution in [-0.4, -0.2) is 10.6 Å². The maximum atomic E-state index is 6.25. The molecule has 0 fully saturated rings. The van der Waals surface area contributed by atoms with Crippen molar-refractivity contribution in [2.75, 3.05) is 6.26 Å². The number of rotatable bonds is 5. The molecule has 0 unspecified atom stereocenters. The van der Waals surface area contributed by atoms with Gasteiger partial charge >= 0.3 is 0 Å². The lowest BCUT2D eigenvalue weighted by atomic mass is 9.83. The SMILES string of the molecule is CSC(=S)O[C@@H](c1ccccc1)C(c1ccccc1)c1ccccc1. The van der Waals surface area contributed by atoms with Crippen LogP contribution in [0.1, 0.15) is 28.7 Å². The Hall–Kier alpha value is -2.10. The second kappa shape index (κ2) is 8.84. The molecule has 3 rings (SSSR count). The molecule has 0 amide bonds. The first-order valence-electron chi connectivity index (χ1n) is 8.19. The number of ether oxygens (including phenoxy) is 1. The van der Waals surface area contributed by atoms with Crippen molar-refractivity contribution in [2.45, 2.75) is 12.0 Å². The van der Waals surface area contributed by atoms with Crippen LogP contribution in [0.2, 0.25) is 0 Å².